The van der Waals surface area contributed by atoms with Crippen LogP contribution in [0.5, 0.6) is 0 Å². The quantitative estimate of drug-likeness (QED) is 0.666. The molecule has 1 aliphatic carbocycles. The summed E-state index contributed by atoms with van der Waals surface area (Å²) >= 11 is 0. The number of likely N-dealkylation sites (N-methyl/N-ethyl adjacent to an activating group) is 1. The molecule has 3 nitrogen and oxygen atoms in total. The summed E-state index contributed by atoms with van der Waals surface area (Å²) in [7, 11) is 2.18. The Balaban J connectivity index is 1.91. The van der Waals surface area contributed by atoms with E-state index in [-0.39, 0.29) is 0 Å². The summed E-state index contributed by atoms with van der Waals surface area (Å²) in [5, 5.41) is 10.0. The highest BCUT2D eigenvalue weighted by atomic mass is 16.3. The van der Waals surface area contributed by atoms with Crippen LogP contribution in [-0.2, 0) is 0 Å². The number of nitrogens with zero attached hydrogens (tertiary/aromatic N) is 2. The third-order valence-corrected chi connectivity index (χ3v) is 3.84. The Morgan fingerprint density at radius 2 is 2.00 bits per heavy atom. The molecule has 0 aromatic rings. The molecule has 3 heteroatoms. The Morgan fingerprint density at radius 3 is 2.57 bits per heavy atom. The van der Waals surface area contributed by atoms with E-state index in [4.69, 9.17) is 0 Å². The molecule has 1 saturated heterocycles. The average molecular weight is 198 g/mol. The summed E-state index contributed by atoms with van der Waals surface area (Å²) in [4.78, 5) is 4.86. The van der Waals surface area contributed by atoms with Crippen LogP contribution >= 0.6 is 0 Å². The largest absolute Gasteiger partial charge is 0.389 e. The van der Waals surface area contributed by atoms with E-state index in [2.05, 4.69) is 16.8 Å². The first kappa shape index (κ1) is 10.4. The smallest absolute Gasteiger partial charge is 0.0774 e. The number of aliphatic hydroxyl groups is 1. The maximum atomic E-state index is 10.0. The molecule has 1 N–H and O–H groups in total. The number of rotatable bonds is 1. The lowest BCUT2D eigenvalue weighted by molar-refractivity contribution is -0.102. The van der Waals surface area contributed by atoms with Crippen molar-refractivity contribution in [2.45, 2.75) is 37.8 Å². The first-order chi connectivity index (χ1) is 6.59. The van der Waals surface area contributed by atoms with E-state index in [0.717, 1.165) is 26.1 Å². The Morgan fingerprint density at radius 1 is 1.21 bits per heavy atom. The molecule has 0 aromatic heterocycles. The van der Waals surface area contributed by atoms with E-state index in [1.165, 1.54) is 19.4 Å². The molecule has 2 atom stereocenters. The molecule has 2 aliphatic rings. The predicted molar refractivity (Wildman–Crippen MR) is 57.3 cm³/mol. The Kier molecular flexibility index (Phi) is 2.82. The molecule has 2 fully saturated rings. The maximum Gasteiger partial charge on any atom is 0.0774 e. The zero-order valence-electron chi connectivity index (χ0n) is 9.37. The van der Waals surface area contributed by atoms with Gasteiger partial charge in [-0.3, -0.25) is 4.90 Å². The van der Waals surface area contributed by atoms with Gasteiger partial charge in [-0.25, -0.2) is 0 Å². The van der Waals surface area contributed by atoms with Crippen molar-refractivity contribution in [3.63, 3.8) is 0 Å². The summed E-state index contributed by atoms with van der Waals surface area (Å²) in [6.45, 7) is 6.61. The minimum absolute atomic E-state index is 0.414. The van der Waals surface area contributed by atoms with Gasteiger partial charge in [0.05, 0.1) is 5.60 Å². The number of hydrogen-bond donors (Lipinski definition) is 1. The molecule has 0 spiro atoms. The van der Waals surface area contributed by atoms with Crippen molar-refractivity contribution in [1.82, 2.24) is 9.80 Å². The highest BCUT2D eigenvalue weighted by Crippen LogP contribution is 2.36. The van der Waals surface area contributed by atoms with Crippen LogP contribution in [0.15, 0.2) is 0 Å². The fraction of sp³-hybridized carbons (Fsp3) is 1.00. The van der Waals surface area contributed by atoms with E-state index in [9.17, 15) is 5.11 Å². The van der Waals surface area contributed by atoms with Crippen LogP contribution in [0.2, 0.25) is 0 Å². The van der Waals surface area contributed by atoms with Crippen LogP contribution in [0, 0.1) is 0 Å². The van der Waals surface area contributed by atoms with Crippen molar-refractivity contribution in [1.29, 1.82) is 0 Å². The van der Waals surface area contributed by atoms with Crippen molar-refractivity contribution in [3.8, 4) is 0 Å². The van der Waals surface area contributed by atoms with Gasteiger partial charge >= 0.3 is 0 Å². The lowest BCUT2D eigenvalue weighted by atomic mass is 9.75. The van der Waals surface area contributed by atoms with E-state index in [1.54, 1.807) is 0 Å². The zero-order valence-corrected chi connectivity index (χ0v) is 9.37. The van der Waals surface area contributed by atoms with Crippen LogP contribution in [0.1, 0.15) is 26.2 Å². The summed E-state index contributed by atoms with van der Waals surface area (Å²) < 4.78 is 0. The molecule has 1 heterocycles. The second-order valence-corrected chi connectivity index (χ2v) is 5.10. The molecule has 1 saturated carbocycles. The summed E-state index contributed by atoms with van der Waals surface area (Å²) in [6.07, 6.45) is 3.39. The van der Waals surface area contributed by atoms with Crippen LogP contribution in [0.4, 0.5) is 0 Å². The van der Waals surface area contributed by atoms with Gasteiger partial charge in [0.25, 0.3) is 0 Å². The van der Waals surface area contributed by atoms with Gasteiger partial charge in [-0.1, -0.05) is 0 Å². The highest BCUT2D eigenvalue weighted by Gasteiger charge is 2.44. The lowest BCUT2D eigenvalue weighted by Crippen LogP contribution is -2.59. The summed E-state index contributed by atoms with van der Waals surface area (Å²) in [5.41, 5.74) is -0.414. The Hall–Kier alpha value is -0.120. The predicted octanol–water partition coefficient (Wildman–Crippen LogP) is 0.537. The highest BCUT2D eigenvalue weighted by molar-refractivity contribution is 4.99. The van der Waals surface area contributed by atoms with Crippen molar-refractivity contribution < 1.29 is 5.11 Å². The van der Waals surface area contributed by atoms with Crippen LogP contribution < -0.4 is 0 Å². The molecule has 0 bridgehead atoms. The monoisotopic (exact) mass is 198 g/mol. The van der Waals surface area contributed by atoms with E-state index < -0.39 is 5.60 Å². The topological polar surface area (TPSA) is 26.7 Å². The van der Waals surface area contributed by atoms with Gasteiger partial charge in [0.15, 0.2) is 0 Å². The van der Waals surface area contributed by atoms with Gasteiger partial charge in [-0.2, -0.15) is 0 Å². The van der Waals surface area contributed by atoms with Gasteiger partial charge in [-0.15, -0.1) is 0 Å². The molecule has 1 aliphatic heterocycles. The SMILES string of the molecule is CN1CCCN([C@H]2CC[C@]2(C)O)CC1. The second-order valence-electron chi connectivity index (χ2n) is 5.10. The van der Waals surface area contributed by atoms with Gasteiger partial charge in [0.2, 0.25) is 0 Å². The van der Waals surface area contributed by atoms with Crippen molar-refractivity contribution >= 4 is 0 Å². The fourth-order valence-corrected chi connectivity index (χ4v) is 2.65. The van der Waals surface area contributed by atoms with Crippen molar-refractivity contribution in [2.75, 3.05) is 33.2 Å². The molecular weight excluding hydrogens is 176 g/mol. The molecule has 2 rings (SSSR count). The third-order valence-electron chi connectivity index (χ3n) is 3.84. The average Bonchev–Trinajstić information content (AvgIpc) is 2.30. The Bertz CT molecular complexity index is 205. The summed E-state index contributed by atoms with van der Waals surface area (Å²) in [5.74, 6) is 0. The molecular formula is C11H22N2O. The molecule has 14 heavy (non-hydrogen) atoms. The second kappa shape index (κ2) is 3.80. The van der Waals surface area contributed by atoms with E-state index >= 15 is 0 Å². The maximum absolute atomic E-state index is 10.0. The Labute approximate surface area is 86.7 Å². The minimum Gasteiger partial charge on any atom is -0.389 e. The summed E-state index contributed by atoms with van der Waals surface area (Å²) in [6, 6.07) is 0.425. The molecule has 0 radical (unpaired) electrons. The van der Waals surface area contributed by atoms with Crippen LogP contribution in [-0.4, -0.2) is 59.8 Å². The minimum atomic E-state index is -0.414. The fourth-order valence-electron chi connectivity index (χ4n) is 2.65. The molecule has 0 amide bonds. The normalized spacial score (nSPS) is 41.8. The van der Waals surface area contributed by atoms with E-state index in [1.807, 2.05) is 6.92 Å². The number of hydrogen-bond acceptors (Lipinski definition) is 3. The van der Waals surface area contributed by atoms with Gasteiger partial charge in [-0.05, 0) is 46.3 Å². The van der Waals surface area contributed by atoms with Gasteiger partial charge in [0, 0.05) is 19.1 Å². The van der Waals surface area contributed by atoms with Crippen LogP contribution in [0.3, 0.4) is 0 Å². The standard InChI is InChI=1S/C11H22N2O/c1-11(14)5-4-10(11)13-7-3-6-12(2)8-9-13/h10,14H,3-9H2,1-2H3/t10-,11-/m0/s1. The first-order valence-electron chi connectivity index (χ1n) is 5.74. The third kappa shape index (κ3) is 1.95. The lowest BCUT2D eigenvalue weighted by Gasteiger charge is -2.48. The van der Waals surface area contributed by atoms with E-state index in [0.29, 0.717) is 6.04 Å². The first-order valence-corrected chi connectivity index (χ1v) is 5.74. The van der Waals surface area contributed by atoms with Crippen molar-refractivity contribution in [3.05, 3.63) is 0 Å². The molecule has 0 aromatic carbocycles. The molecule has 82 valence electrons. The van der Waals surface area contributed by atoms with Gasteiger partial charge < -0.3 is 10.0 Å². The zero-order chi connectivity index (χ0) is 10.2. The molecule has 0 unspecified atom stereocenters. The van der Waals surface area contributed by atoms with Crippen LogP contribution in [0.25, 0.3) is 0 Å². The van der Waals surface area contributed by atoms with Gasteiger partial charge in [0.1, 0.15) is 0 Å². The van der Waals surface area contributed by atoms with Crippen molar-refractivity contribution in [2.24, 2.45) is 0 Å².